The molecule has 1 aromatic heterocycles. The van der Waals surface area contributed by atoms with Crippen molar-refractivity contribution in [3.05, 3.63) is 30.0 Å². The van der Waals surface area contributed by atoms with Crippen molar-refractivity contribution in [1.82, 2.24) is 20.0 Å². The molecule has 3 rings (SSSR count). The van der Waals surface area contributed by atoms with Crippen molar-refractivity contribution in [1.29, 1.82) is 0 Å². The van der Waals surface area contributed by atoms with Gasteiger partial charge < -0.3 is 9.80 Å². The molecule has 0 radical (unpaired) electrons. The number of likely N-dealkylation sites (N-methyl/N-ethyl adjacent to an activating group) is 1. The summed E-state index contributed by atoms with van der Waals surface area (Å²) in [4.78, 5) is 27.2. The van der Waals surface area contributed by atoms with E-state index in [2.05, 4.69) is 10.2 Å². The van der Waals surface area contributed by atoms with Crippen LogP contribution in [0.2, 0.25) is 0 Å². The van der Waals surface area contributed by atoms with E-state index in [1.165, 1.54) is 0 Å². The number of aromatic amines is 1. The van der Waals surface area contributed by atoms with E-state index in [0.717, 1.165) is 10.9 Å². The van der Waals surface area contributed by atoms with E-state index in [1.54, 1.807) is 16.8 Å². The van der Waals surface area contributed by atoms with Crippen molar-refractivity contribution in [3.8, 4) is 0 Å². The van der Waals surface area contributed by atoms with Crippen LogP contribution >= 0.6 is 0 Å². The second kappa shape index (κ2) is 4.38. The lowest BCUT2D eigenvalue weighted by Gasteiger charge is -2.31. The molecule has 2 aromatic rings. The van der Waals surface area contributed by atoms with Crippen LogP contribution in [-0.4, -0.2) is 58.5 Å². The third kappa shape index (κ3) is 1.95. The van der Waals surface area contributed by atoms with Crippen LogP contribution in [0.4, 0.5) is 0 Å². The molecule has 1 aromatic carbocycles. The second-order valence-corrected chi connectivity index (χ2v) is 4.66. The molecular weight excluding hydrogens is 244 g/mol. The normalized spacial score (nSPS) is 16.2. The van der Waals surface area contributed by atoms with E-state index in [1.807, 2.05) is 24.3 Å². The quantitative estimate of drug-likeness (QED) is 0.808. The lowest BCUT2D eigenvalue weighted by atomic mass is 10.2. The van der Waals surface area contributed by atoms with Gasteiger partial charge in [0, 0.05) is 25.5 Å². The minimum atomic E-state index is -0.195. The number of carbonyl (C=O) groups excluding carboxylic acids is 2. The van der Waals surface area contributed by atoms with Crippen molar-refractivity contribution in [2.75, 3.05) is 26.7 Å². The van der Waals surface area contributed by atoms with Crippen molar-refractivity contribution in [2.24, 2.45) is 0 Å². The first kappa shape index (κ1) is 11.7. The van der Waals surface area contributed by atoms with Gasteiger partial charge in [-0.15, -0.1) is 0 Å². The highest BCUT2D eigenvalue weighted by Crippen LogP contribution is 2.17. The molecule has 0 saturated carbocycles. The van der Waals surface area contributed by atoms with E-state index in [-0.39, 0.29) is 18.4 Å². The number of hydrogen-bond acceptors (Lipinski definition) is 3. The molecule has 19 heavy (non-hydrogen) atoms. The minimum Gasteiger partial charge on any atom is -0.342 e. The molecule has 2 heterocycles. The topological polar surface area (TPSA) is 69.3 Å². The molecule has 0 unspecified atom stereocenters. The van der Waals surface area contributed by atoms with E-state index in [9.17, 15) is 9.59 Å². The van der Waals surface area contributed by atoms with Crippen LogP contribution < -0.4 is 0 Å². The summed E-state index contributed by atoms with van der Waals surface area (Å²) in [5.41, 5.74) is 1.21. The molecule has 2 amide bonds. The summed E-state index contributed by atoms with van der Waals surface area (Å²) in [7, 11) is 1.74. The molecule has 1 fully saturated rings. The summed E-state index contributed by atoms with van der Waals surface area (Å²) in [5, 5.41) is 7.70. The Balaban J connectivity index is 1.90. The Labute approximate surface area is 110 Å². The third-order valence-corrected chi connectivity index (χ3v) is 3.42. The molecular formula is C13H14N4O2. The van der Waals surface area contributed by atoms with Crippen molar-refractivity contribution in [2.45, 2.75) is 0 Å². The number of fused-ring (bicyclic) bond motifs is 1. The number of carbonyl (C=O) groups is 2. The van der Waals surface area contributed by atoms with Gasteiger partial charge in [-0.05, 0) is 6.07 Å². The predicted octanol–water partition coefficient (Wildman–Crippen LogP) is 0.477. The molecule has 0 atom stereocenters. The monoisotopic (exact) mass is 258 g/mol. The van der Waals surface area contributed by atoms with Gasteiger partial charge in [0.15, 0.2) is 5.69 Å². The highest BCUT2D eigenvalue weighted by molar-refractivity contribution is 6.05. The van der Waals surface area contributed by atoms with Crippen LogP contribution in [0.5, 0.6) is 0 Å². The van der Waals surface area contributed by atoms with Crippen molar-refractivity contribution < 1.29 is 9.59 Å². The van der Waals surface area contributed by atoms with Gasteiger partial charge in [0.05, 0.1) is 5.52 Å². The van der Waals surface area contributed by atoms with Crippen molar-refractivity contribution >= 4 is 22.7 Å². The standard InChI is InChI=1S/C13H14N4O2/c1-16-6-7-17(8-11(16)18)13(19)12-9-4-2-3-5-10(9)14-15-12/h2-5H,6-8H2,1H3,(H,14,15). The summed E-state index contributed by atoms with van der Waals surface area (Å²) >= 11 is 0. The fourth-order valence-electron chi connectivity index (χ4n) is 2.21. The lowest BCUT2D eigenvalue weighted by molar-refractivity contribution is -0.133. The summed E-state index contributed by atoms with van der Waals surface area (Å²) < 4.78 is 0. The van der Waals surface area contributed by atoms with Gasteiger partial charge in [-0.3, -0.25) is 14.7 Å². The Morgan fingerprint density at radius 3 is 2.89 bits per heavy atom. The largest absolute Gasteiger partial charge is 0.342 e. The number of hydrogen-bond donors (Lipinski definition) is 1. The molecule has 6 nitrogen and oxygen atoms in total. The number of piperazine rings is 1. The van der Waals surface area contributed by atoms with Gasteiger partial charge in [-0.25, -0.2) is 0 Å². The highest BCUT2D eigenvalue weighted by atomic mass is 16.2. The number of benzene rings is 1. The Hall–Kier alpha value is -2.37. The predicted molar refractivity (Wildman–Crippen MR) is 69.6 cm³/mol. The maximum atomic E-state index is 12.4. The zero-order valence-electron chi connectivity index (χ0n) is 10.6. The highest BCUT2D eigenvalue weighted by Gasteiger charge is 2.27. The second-order valence-electron chi connectivity index (χ2n) is 4.66. The number of H-pyrrole nitrogens is 1. The van der Waals surface area contributed by atoms with Gasteiger partial charge in [0.25, 0.3) is 5.91 Å². The maximum absolute atomic E-state index is 12.4. The zero-order chi connectivity index (χ0) is 13.4. The Kier molecular flexibility index (Phi) is 2.70. The maximum Gasteiger partial charge on any atom is 0.275 e. The summed E-state index contributed by atoms with van der Waals surface area (Å²) in [5.74, 6) is -0.238. The smallest absolute Gasteiger partial charge is 0.275 e. The van der Waals surface area contributed by atoms with Crippen LogP contribution in [0, 0.1) is 0 Å². The third-order valence-electron chi connectivity index (χ3n) is 3.42. The summed E-state index contributed by atoms with van der Waals surface area (Å²) in [6, 6.07) is 7.47. The molecule has 1 aliphatic heterocycles. The van der Waals surface area contributed by atoms with Gasteiger partial charge in [-0.1, -0.05) is 18.2 Å². The van der Waals surface area contributed by atoms with E-state index >= 15 is 0 Å². The van der Waals surface area contributed by atoms with Crippen LogP contribution in [0.15, 0.2) is 24.3 Å². The van der Waals surface area contributed by atoms with Gasteiger partial charge in [-0.2, -0.15) is 5.10 Å². The Bertz CT molecular complexity index is 649. The van der Waals surface area contributed by atoms with Gasteiger partial charge in [0.2, 0.25) is 5.91 Å². The Morgan fingerprint density at radius 2 is 2.11 bits per heavy atom. The first-order valence-corrected chi connectivity index (χ1v) is 6.13. The SMILES string of the molecule is CN1CCN(C(=O)c2n[nH]c3ccccc23)CC1=O. The molecule has 6 heteroatoms. The first-order valence-electron chi connectivity index (χ1n) is 6.13. The molecule has 1 aliphatic rings. The van der Waals surface area contributed by atoms with Gasteiger partial charge >= 0.3 is 0 Å². The van der Waals surface area contributed by atoms with Crippen LogP contribution in [0.3, 0.4) is 0 Å². The number of aromatic nitrogens is 2. The molecule has 0 aliphatic carbocycles. The summed E-state index contributed by atoms with van der Waals surface area (Å²) in [6.45, 7) is 1.23. The number of nitrogens with one attached hydrogen (secondary N) is 1. The number of nitrogens with zero attached hydrogens (tertiary/aromatic N) is 3. The van der Waals surface area contributed by atoms with E-state index < -0.39 is 0 Å². The fourth-order valence-corrected chi connectivity index (χ4v) is 2.21. The van der Waals surface area contributed by atoms with Crippen LogP contribution in [-0.2, 0) is 4.79 Å². The van der Waals surface area contributed by atoms with E-state index in [4.69, 9.17) is 0 Å². The molecule has 1 saturated heterocycles. The number of rotatable bonds is 1. The molecule has 0 bridgehead atoms. The minimum absolute atomic E-state index is 0.0422. The zero-order valence-corrected chi connectivity index (χ0v) is 10.6. The molecule has 0 spiro atoms. The van der Waals surface area contributed by atoms with Crippen LogP contribution in [0.25, 0.3) is 10.9 Å². The van der Waals surface area contributed by atoms with Crippen LogP contribution in [0.1, 0.15) is 10.5 Å². The van der Waals surface area contributed by atoms with Gasteiger partial charge in [0.1, 0.15) is 6.54 Å². The first-order chi connectivity index (χ1) is 9.16. The average molecular weight is 258 g/mol. The number of amides is 2. The van der Waals surface area contributed by atoms with E-state index in [0.29, 0.717) is 18.8 Å². The van der Waals surface area contributed by atoms with Crippen molar-refractivity contribution in [3.63, 3.8) is 0 Å². The fraction of sp³-hybridized carbons (Fsp3) is 0.308. The Morgan fingerprint density at radius 1 is 1.32 bits per heavy atom. The average Bonchev–Trinajstić information content (AvgIpc) is 2.85. The lowest BCUT2D eigenvalue weighted by Crippen LogP contribution is -2.50. The number of para-hydroxylation sites is 1. The molecule has 1 N–H and O–H groups in total. The summed E-state index contributed by atoms with van der Waals surface area (Å²) in [6.07, 6.45) is 0. The molecule has 98 valence electrons.